The van der Waals surface area contributed by atoms with E-state index in [1.807, 2.05) is 0 Å². The standard InChI is InChI=1S/C11H20N2O3/c1-7(9(14)15)5-13-6-8(11(2,3)4)12-10(13)16/h7-8H,5-6H2,1-4H3,(H,12,16)(H,14,15). The van der Waals surface area contributed by atoms with Gasteiger partial charge in [0.2, 0.25) is 0 Å². The molecule has 1 aliphatic heterocycles. The molecule has 2 unspecified atom stereocenters. The lowest BCUT2D eigenvalue weighted by atomic mass is 9.87. The van der Waals surface area contributed by atoms with Crippen LogP contribution in [0.2, 0.25) is 0 Å². The average molecular weight is 228 g/mol. The normalized spacial score (nSPS) is 23.1. The van der Waals surface area contributed by atoms with E-state index in [0.717, 1.165) is 0 Å². The largest absolute Gasteiger partial charge is 0.481 e. The molecule has 0 aromatic heterocycles. The van der Waals surface area contributed by atoms with Crippen molar-refractivity contribution in [3.63, 3.8) is 0 Å². The SMILES string of the molecule is CC(CN1CC(C(C)(C)C)NC1=O)C(=O)O. The summed E-state index contributed by atoms with van der Waals surface area (Å²) in [5, 5.41) is 11.7. The summed E-state index contributed by atoms with van der Waals surface area (Å²) in [5.41, 5.74) is -0.00310. The molecule has 1 fully saturated rings. The third-order valence-electron chi connectivity index (χ3n) is 2.95. The zero-order valence-corrected chi connectivity index (χ0v) is 10.3. The van der Waals surface area contributed by atoms with Crippen LogP contribution in [0.5, 0.6) is 0 Å². The third kappa shape index (κ3) is 2.87. The fourth-order valence-electron chi connectivity index (χ4n) is 1.65. The second-order valence-electron chi connectivity index (χ2n) is 5.51. The van der Waals surface area contributed by atoms with Crippen molar-refractivity contribution >= 4 is 12.0 Å². The Hall–Kier alpha value is -1.26. The van der Waals surface area contributed by atoms with E-state index >= 15 is 0 Å². The van der Waals surface area contributed by atoms with Crippen LogP contribution in [-0.4, -0.2) is 41.1 Å². The van der Waals surface area contributed by atoms with Crippen molar-refractivity contribution in [3.8, 4) is 0 Å². The van der Waals surface area contributed by atoms with Gasteiger partial charge in [0.05, 0.1) is 12.0 Å². The van der Waals surface area contributed by atoms with Gasteiger partial charge in [0.1, 0.15) is 0 Å². The fourth-order valence-corrected chi connectivity index (χ4v) is 1.65. The van der Waals surface area contributed by atoms with E-state index in [0.29, 0.717) is 6.54 Å². The predicted octanol–water partition coefficient (Wildman–Crippen LogP) is 1.15. The van der Waals surface area contributed by atoms with Crippen LogP contribution in [0.15, 0.2) is 0 Å². The molecule has 1 saturated heterocycles. The molecular weight excluding hydrogens is 208 g/mol. The van der Waals surface area contributed by atoms with Gasteiger partial charge in [-0.05, 0) is 5.41 Å². The molecule has 1 heterocycles. The quantitative estimate of drug-likeness (QED) is 0.761. The van der Waals surface area contributed by atoms with Gasteiger partial charge in [0.15, 0.2) is 0 Å². The molecule has 0 bridgehead atoms. The summed E-state index contributed by atoms with van der Waals surface area (Å²) in [6, 6.07) is -0.0750. The fraction of sp³-hybridized carbons (Fsp3) is 0.818. The molecule has 16 heavy (non-hydrogen) atoms. The van der Waals surface area contributed by atoms with Crippen LogP contribution >= 0.6 is 0 Å². The number of nitrogens with zero attached hydrogens (tertiary/aromatic N) is 1. The van der Waals surface area contributed by atoms with Gasteiger partial charge in [-0.3, -0.25) is 4.79 Å². The summed E-state index contributed by atoms with van der Waals surface area (Å²) in [6.07, 6.45) is 0. The second kappa shape index (κ2) is 4.31. The molecule has 1 aliphatic rings. The number of carboxylic acid groups (broad SMARTS) is 1. The molecular formula is C11H20N2O3. The number of aliphatic carboxylic acids is 1. The average Bonchev–Trinajstić information content (AvgIpc) is 2.47. The number of amides is 2. The molecule has 2 N–H and O–H groups in total. The van der Waals surface area contributed by atoms with Gasteiger partial charge in [0.25, 0.3) is 0 Å². The Labute approximate surface area is 95.8 Å². The van der Waals surface area contributed by atoms with Gasteiger partial charge in [-0.15, -0.1) is 0 Å². The summed E-state index contributed by atoms with van der Waals surface area (Å²) < 4.78 is 0. The summed E-state index contributed by atoms with van der Waals surface area (Å²) in [6.45, 7) is 8.64. The second-order valence-corrected chi connectivity index (χ2v) is 5.51. The van der Waals surface area contributed by atoms with Crippen molar-refractivity contribution in [1.82, 2.24) is 10.2 Å². The molecule has 2 amide bonds. The first-order valence-electron chi connectivity index (χ1n) is 5.50. The number of nitrogens with one attached hydrogen (secondary N) is 1. The highest BCUT2D eigenvalue weighted by Gasteiger charge is 2.37. The number of hydrogen-bond acceptors (Lipinski definition) is 2. The zero-order chi connectivity index (χ0) is 12.5. The van der Waals surface area contributed by atoms with E-state index in [2.05, 4.69) is 26.1 Å². The Bertz CT molecular complexity index is 296. The smallest absolute Gasteiger partial charge is 0.317 e. The Kier molecular flexibility index (Phi) is 3.45. The first kappa shape index (κ1) is 12.8. The number of carbonyl (C=O) groups is 2. The van der Waals surface area contributed by atoms with Gasteiger partial charge >= 0.3 is 12.0 Å². The molecule has 0 spiro atoms. The van der Waals surface area contributed by atoms with Gasteiger partial charge in [-0.1, -0.05) is 27.7 Å². The highest BCUT2D eigenvalue weighted by molar-refractivity contribution is 5.78. The van der Waals surface area contributed by atoms with Gasteiger partial charge in [-0.25, -0.2) is 4.79 Å². The van der Waals surface area contributed by atoms with Gasteiger partial charge in [0, 0.05) is 13.1 Å². The summed E-state index contributed by atoms with van der Waals surface area (Å²) in [4.78, 5) is 23.9. The number of rotatable bonds is 3. The summed E-state index contributed by atoms with van der Waals surface area (Å²) in [7, 11) is 0. The lowest BCUT2D eigenvalue weighted by molar-refractivity contribution is -0.141. The number of hydrogen-bond donors (Lipinski definition) is 2. The summed E-state index contributed by atoms with van der Waals surface area (Å²) in [5.74, 6) is -1.39. The minimum Gasteiger partial charge on any atom is -0.481 e. The lowest BCUT2D eigenvalue weighted by Crippen LogP contribution is -2.38. The molecule has 92 valence electrons. The van der Waals surface area contributed by atoms with E-state index in [1.165, 1.54) is 0 Å². The molecule has 0 radical (unpaired) electrons. The van der Waals surface area contributed by atoms with E-state index in [9.17, 15) is 9.59 Å². The highest BCUT2D eigenvalue weighted by Crippen LogP contribution is 2.24. The molecule has 0 aromatic carbocycles. The molecule has 0 saturated carbocycles. The van der Waals surface area contributed by atoms with Crippen molar-refractivity contribution in [1.29, 1.82) is 0 Å². The maximum Gasteiger partial charge on any atom is 0.317 e. The molecule has 5 heteroatoms. The van der Waals surface area contributed by atoms with Gasteiger partial charge in [-0.2, -0.15) is 0 Å². The van der Waals surface area contributed by atoms with Crippen LogP contribution in [0.1, 0.15) is 27.7 Å². The molecule has 2 atom stereocenters. The van der Waals surface area contributed by atoms with E-state index < -0.39 is 11.9 Å². The van der Waals surface area contributed by atoms with Crippen molar-refractivity contribution in [2.24, 2.45) is 11.3 Å². The minimum atomic E-state index is -0.869. The van der Waals surface area contributed by atoms with Gasteiger partial charge < -0.3 is 15.3 Å². The molecule has 0 aromatic rings. The van der Waals surface area contributed by atoms with Crippen molar-refractivity contribution in [2.75, 3.05) is 13.1 Å². The first-order chi connectivity index (χ1) is 7.21. The van der Waals surface area contributed by atoms with Crippen LogP contribution in [-0.2, 0) is 4.79 Å². The maximum absolute atomic E-state index is 11.6. The summed E-state index contributed by atoms with van der Waals surface area (Å²) >= 11 is 0. The van der Waals surface area contributed by atoms with Crippen molar-refractivity contribution in [2.45, 2.75) is 33.7 Å². The van der Waals surface area contributed by atoms with Crippen LogP contribution in [0, 0.1) is 11.3 Å². The van der Waals surface area contributed by atoms with Crippen LogP contribution in [0.4, 0.5) is 4.79 Å². The van der Waals surface area contributed by atoms with Crippen molar-refractivity contribution < 1.29 is 14.7 Å². The van der Waals surface area contributed by atoms with Crippen LogP contribution < -0.4 is 5.32 Å². The predicted molar refractivity (Wildman–Crippen MR) is 60.1 cm³/mol. The van der Waals surface area contributed by atoms with Crippen LogP contribution in [0.3, 0.4) is 0 Å². The first-order valence-corrected chi connectivity index (χ1v) is 5.50. The van der Waals surface area contributed by atoms with E-state index in [-0.39, 0.29) is 24.0 Å². The highest BCUT2D eigenvalue weighted by atomic mass is 16.4. The van der Waals surface area contributed by atoms with E-state index in [1.54, 1.807) is 11.8 Å². The number of carboxylic acids is 1. The molecule has 1 rings (SSSR count). The monoisotopic (exact) mass is 228 g/mol. The molecule has 5 nitrogen and oxygen atoms in total. The Morgan fingerprint density at radius 1 is 1.62 bits per heavy atom. The zero-order valence-electron chi connectivity index (χ0n) is 10.3. The van der Waals surface area contributed by atoms with Crippen LogP contribution in [0.25, 0.3) is 0 Å². The Morgan fingerprint density at radius 3 is 2.56 bits per heavy atom. The topological polar surface area (TPSA) is 69.6 Å². The lowest BCUT2D eigenvalue weighted by Gasteiger charge is -2.26. The number of urea groups is 1. The van der Waals surface area contributed by atoms with Crippen molar-refractivity contribution in [3.05, 3.63) is 0 Å². The third-order valence-corrected chi connectivity index (χ3v) is 2.95. The maximum atomic E-state index is 11.6. The minimum absolute atomic E-state index is 0.00310. The number of carbonyl (C=O) groups excluding carboxylic acids is 1. The van der Waals surface area contributed by atoms with E-state index in [4.69, 9.17) is 5.11 Å². The Balaban J connectivity index is 2.59. The Morgan fingerprint density at radius 2 is 2.19 bits per heavy atom. The molecule has 0 aliphatic carbocycles.